The second kappa shape index (κ2) is 22.3. The van der Waals surface area contributed by atoms with Crippen molar-refractivity contribution in [1.82, 2.24) is 40.5 Å². The van der Waals surface area contributed by atoms with Gasteiger partial charge in [-0.3, -0.25) is 58.0 Å². The third-order valence-electron chi connectivity index (χ3n) is 9.99. The zero-order chi connectivity index (χ0) is 44.7. The molecule has 2 aromatic rings. The average Bonchev–Trinajstić information content (AvgIpc) is 3.57. The van der Waals surface area contributed by atoms with E-state index in [1.807, 2.05) is 0 Å². The van der Waals surface area contributed by atoms with Crippen LogP contribution in [0.4, 0.5) is 14.5 Å². The van der Waals surface area contributed by atoms with Crippen molar-refractivity contribution in [3.05, 3.63) is 36.0 Å². The van der Waals surface area contributed by atoms with Gasteiger partial charge in [-0.2, -0.15) is 5.26 Å². The Kier molecular flexibility index (Phi) is 17.3. The maximum absolute atomic E-state index is 13.8. The van der Waals surface area contributed by atoms with Gasteiger partial charge in [0, 0.05) is 95.3 Å². The number of carboxylic acid groups (broad SMARTS) is 3. The number of anilines is 1. The molecule has 21 nitrogen and oxygen atoms in total. The number of amides is 5. The fourth-order valence-electron chi connectivity index (χ4n) is 6.90. The van der Waals surface area contributed by atoms with Crippen molar-refractivity contribution in [1.29, 1.82) is 5.26 Å². The van der Waals surface area contributed by atoms with Gasteiger partial charge in [0.15, 0.2) is 0 Å². The summed E-state index contributed by atoms with van der Waals surface area (Å²) in [6.07, 6.45) is -0.144. The van der Waals surface area contributed by atoms with Gasteiger partial charge in [-0.1, -0.05) is 0 Å². The molecular weight excluding hydrogens is 810 g/mol. The standard InChI is InChI=1S/C38H48F2N10O11/c39-38(40)18-25(19-41)50(23-38)33(54)20-45-36(59)26-7-8-42-28-2-1-24(17-27(26)28)46-32(53)6-5-31(52)44-10-9-43-30(51)4-3-29(37(60)61)49-15-13-47(21-34(55)56)11-12-48(14-16-49)22-35(57)58/h1-2,7-8,17,25,29H,3-6,9-16,18,20-23H2,(H,43,51)(H,44,52)(H,45,59)(H,46,53)(H,55,56)(H,57,58)(H,60,61)/t25-,29?/m0/s1. The van der Waals surface area contributed by atoms with Crippen LogP contribution in [0.15, 0.2) is 30.5 Å². The van der Waals surface area contributed by atoms with Crippen LogP contribution in [0, 0.1) is 11.3 Å². The highest BCUT2D eigenvalue weighted by molar-refractivity contribution is 6.08. The molecule has 1 unspecified atom stereocenters. The number of carboxylic acids is 3. The van der Waals surface area contributed by atoms with Crippen LogP contribution in [0.2, 0.25) is 0 Å². The Morgan fingerprint density at radius 1 is 0.820 bits per heavy atom. The lowest BCUT2D eigenvalue weighted by molar-refractivity contribution is -0.145. The first kappa shape index (κ1) is 47.3. The minimum Gasteiger partial charge on any atom is -0.480 e. The van der Waals surface area contributed by atoms with Gasteiger partial charge in [0.1, 0.15) is 12.1 Å². The number of nitriles is 1. The molecule has 1 aromatic heterocycles. The Morgan fingerprint density at radius 2 is 1.41 bits per heavy atom. The smallest absolute Gasteiger partial charge is 0.320 e. The van der Waals surface area contributed by atoms with E-state index in [-0.39, 0.29) is 102 Å². The highest BCUT2D eigenvalue weighted by Gasteiger charge is 2.47. The number of carbonyl (C=O) groups excluding carboxylic acids is 5. The summed E-state index contributed by atoms with van der Waals surface area (Å²) in [5.74, 6) is -9.64. The predicted octanol–water partition coefficient (Wildman–Crippen LogP) is -1.00. The van der Waals surface area contributed by atoms with Crippen molar-refractivity contribution in [2.24, 2.45) is 0 Å². The predicted molar refractivity (Wildman–Crippen MR) is 209 cm³/mol. The van der Waals surface area contributed by atoms with E-state index in [0.29, 0.717) is 10.9 Å². The van der Waals surface area contributed by atoms with E-state index in [4.69, 9.17) is 5.26 Å². The first-order valence-electron chi connectivity index (χ1n) is 19.4. The third kappa shape index (κ3) is 15.0. The number of pyridine rings is 1. The highest BCUT2D eigenvalue weighted by atomic mass is 19.3. The summed E-state index contributed by atoms with van der Waals surface area (Å²) in [4.78, 5) is 108. The van der Waals surface area contributed by atoms with E-state index < -0.39 is 85.0 Å². The number of halogens is 2. The third-order valence-corrected chi connectivity index (χ3v) is 9.99. The molecule has 7 N–H and O–H groups in total. The number of rotatable bonds is 19. The van der Waals surface area contributed by atoms with Crippen molar-refractivity contribution in [2.45, 2.75) is 50.1 Å². The number of benzene rings is 1. The minimum absolute atomic E-state index is 0.0102. The quantitative estimate of drug-likeness (QED) is 0.0834. The van der Waals surface area contributed by atoms with Crippen LogP contribution >= 0.6 is 0 Å². The number of nitrogens with one attached hydrogen (secondary N) is 4. The molecule has 4 rings (SSSR count). The van der Waals surface area contributed by atoms with Gasteiger partial charge in [0.25, 0.3) is 11.8 Å². The van der Waals surface area contributed by atoms with E-state index >= 15 is 0 Å². The molecule has 0 spiro atoms. The van der Waals surface area contributed by atoms with Gasteiger partial charge in [0.05, 0.1) is 43.3 Å². The van der Waals surface area contributed by atoms with Crippen molar-refractivity contribution < 1.29 is 62.5 Å². The second-order valence-electron chi connectivity index (χ2n) is 14.5. The van der Waals surface area contributed by atoms with E-state index in [0.717, 1.165) is 4.90 Å². The molecule has 61 heavy (non-hydrogen) atoms. The van der Waals surface area contributed by atoms with Crippen molar-refractivity contribution in [3.8, 4) is 6.07 Å². The zero-order valence-electron chi connectivity index (χ0n) is 33.1. The SMILES string of the molecule is N#C[C@@H]1CC(F)(F)CN1C(=O)CNC(=O)c1ccnc2ccc(NC(=O)CCC(=O)NCCNC(=O)CCC(C(=O)O)N3CCN(CC(=O)O)CCN(CC(=O)O)CC3)cc12. The summed E-state index contributed by atoms with van der Waals surface area (Å²) in [5, 5.41) is 48.2. The molecular formula is C38H48F2N10O11. The summed E-state index contributed by atoms with van der Waals surface area (Å²) in [5.41, 5.74) is 0.710. The van der Waals surface area contributed by atoms with Gasteiger partial charge in [-0.25, -0.2) is 8.78 Å². The Labute approximate surface area is 348 Å². The topological polar surface area (TPSA) is 295 Å². The van der Waals surface area contributed by atoms with E-state index in [2.05, 4.69) is 26.3 Å². The van der Waals surface area contributed by atoms with Crippen LogP contribution in [0.1, 0.15) is 42.5 Å². The number of hydrogen-bond donors (Lipinski definition) is 7. The normalized spacial score (nSPS) is 17.8. The van der Waals surface area contributed by atoms with Gasteiger partial charge < -0.3 is 41.5 Å². The largest absolute Gasteiger partial charge is 0.480 e. The number of aliphatic carboxylic acids is 3. The molecule has 0 radical (unpaired) electrons. The highest BCUT2D eigenvalue weighted by Crippen LogP contribution is 2.31. The molecule has 0 aliphatic carbocycles. The number of aromatic nitrogens is 1. The summed E-state index contributed by atoms with van der Waals surface area (Å²) in [7, 11) is 0. The number of nitrogens with zero attached hydrogens (tertiary/aromatic N) is 6. The second-order valence-corrected chi connectivity index (χ2v) is 14.5. The average molecular weight is 859 g/mol. The van der Waals surface area contributed by atoms with Gasteiger partial charge in [-0.15, -0.1) is 0 Å². The number of carbonyl (C=O) groups is 8. The molecule has 330 valence electrons. The fourth-order valence-corrected chi connectivity index (χ4v) is 6.90. The number of fused-ring (bicyclic) bond motifs is 1. The summed E-state index contributed by atoms with van der Waals surface area (Å²) in [6, 6.07) is 5.14. The molecule has 2 saturated heterocycles. The zero-order valence-corrected chi connectivity index (χ0v) is 33.1. The Bertz CT molecular complexity index is 1990. The van der Waals surface area contributed by atoms with Gasteiger partial charge in [-0.05, 0) is 30.7 Å². The maximum Gasteiger partial charge on any atom is 0.320 e. The molecule has 1 aromatic carbocycles. The van der Waals surface area contributed by atoms with Crippen LogP contribution in [0.5, 0.6) is 0 Å². The monoisotopic (exact) mass is 858 g/mol. The molecule has 0 bridgehead atoms. The molecule has 5 amide bonds. The maximum atomic E-state index is 13.8. The van der Waals surface area contributed by atoms with Crippen molar-refractivity contribution in [2.75, 3.05) is 83.9 Å². The summed E-state index contributed by atoms with van der Waals surface area (Å²) in [6.45, 7) is -0.769. The minimum atomic E-state index is -3.21. The first-order valence-corrected chi connectivity index (χ1v) is 19.4. The Hall–Kier alpha value is -6.38. The van der Waals surface area contributed by atoms with Crippen LogP contribution in [0.3, 0.4) is 0 Å². The van der Waals surface area contributed by atoms with Crippen LogP contribution in [0.25, 0.3) is 10.9 Å². The Morgan fingerprint density at radius 3 is 2.00 bits per heavy atom. The Balaban J connectivity index is 1.19. The number of alkyl halides is 2. The van der Waals surface area contributed by atoms with Gasteiger partial charge in [0.2, 0.25) is 23.6 Å². The van der Waals surface area contributed by atoms with Crippen LogP contribution < -0.4 is 21.3 Å². The molecule has 2 atom stereocenters. The van der Waals surface area contributed by atoms with Crippen molar-refractivity contribution >= 4 is 64.0 Å². The van der Waals surface area contributed by atoms with E-state index in [1.165, 1.54) is 30.5 Å². The lowest BCUT2D eigenvalue weighted by Gasteiger charge is -2.30. The van der Waals surface area contributed by atoms with Crippen LogP contribution in [-0.2, 0) is 33.6 Å². The molecule has 2 aliphatic heterocycles. The van der Waals surface area contributed by atoms with Gasteiger partial charge >= 0.3 is 17.9 Å². The molecule has 3 heterocycles. The fraction of sp³-hybridized carbons (Fsp3) is 0.526. The first-order chi connectivity index (χ1) is 28.9. The molecule has 2 fully saturated rings. The van der Waals surface area contributed by atoms with Crippen LogP contribution in [-0.4, -0.2) is 184 Å². The summed E-state index contributed by atoms with van der Waals surface area (Å²) < 4.78 is 27.5. The lowest BCUT2D eigenvalue weighted by Crippen LogP contribution is -2.47. The van der Waals surface area contributed by atoms with Crippen molar-refractivity contribution in [3.63, 3.8) is 0 Å². The van der Waals surface area contributed by atoms with E-state index in [9.17, 15) is 62.5 Å². The molecule has 23 heteroatoms. The number of hydrogen-bond acceptors (Lipinski definition) is 13. The summed E-state index contributed by atoms with van der Waals surface area (Å²) >= 11 is 0. The number of likely N-dealkylation sites (tertiary alicyclic amines) is 1. The molecule has 0 saturated carbocycles. The molecule has 2 aliphatic rings. The van der Waals surface area contributed by atoms with E-state index in [1.54, 1.807) is 20.8 Å². The lowest BCUT2D eigenvalue weighted by atomic mass is 10.1.